The maximum absolute atomic E-state index is 12.7. The van der Waals surface area contributed by atoms with Crippen molar-refractivity contribution in [1.82, 2.24) is 4.90 Å². The molecule has 0 aromatic heterocycles. The van der Waals surface area contributed by atoms with E-state index in [0.29, 0.717) is 29.1 Å². The number of benzene rings is 1. The lowest BCUT2D eigenvalue weighted by Gasteiger charge is -2.37. The fraction of sp³-hybridized carbons (Fsp3) is 0.500. The number of rotatable bonds is 5. The summed E-state index contributed by atoms with van der Waals surface area (Å²) >= 11 is 15.2. The molecular formula is C14H16BrCl2NO. The Balaban J connectivity index is 2.19. The number of hydrogen-bond acceptors (Lipinski definition) is 1. The SMILES string of the molecule is O=C(c1cc(Cl)ccc1Br)N(CCCCl)C1CCC1. The lowest BCUT2D eigenvalue weighted by Crippen LogP contribution is -2.45. The van der Waals surface area contributed by atoms with Crippen LogP contribution in [0.3, 0.4) is 0 Å². The maximum atomic E-state index is 12.7. The third-order valence-electron chi connectivity index (χ3n) is 3.47. The van der Waals surface area contributed by atoms with Gasteiger partial charge in [0.05, 0.1) is 5.56 Å². The fourth-order valence-corrected chi connectivity index (χ4v) is 2.90. The Morgan fingerprint density at radius 2 is 2.16 bits per heavy atom. The average Bonchev–Trinajstić information content (AvgIpc) is 2.34. The van der Waals surface area contributed by atoms with Crippen LogP contribution in [0.15, 0.2) is 22.7 Å². The van der Waals surface area contributed by atoms with Gasteiger partial charge in [-0.05, 0) is 59.8 Å². The van der Waals surface area contributed by atoms with Gasteiger partial charge in [0.15, 0.2) is 0 Å². The number of halogens is 3. The minimum absolute atomic E-state index is 0.0455. The van der Waals surface area contributed by atoms with Gasteiger partial charge in [0.1, 0.15) is 0 Å². The molecule has 0 atom stereocenters. The summed E-state index contributed by atoms with van der Waals surface area (Å²) in [6, 6.07) is 5.67. The van der Waals surface area contributed by atoms with Crippen LogP contribution in [0.25, 0.3) is 0 Å². The molecule has 5 heteroatoms. The Morgan fingerprint density at radius 3 is 2.74 bits per heavy atom. The van der Waals surface area contributed by atoms with Crippen molar-refractivity contribution in [2.45, 2.75) is 31.7 Å². The van der Waals surface area contributed by atoms with E-state index >= 15 is 0 Å². The van der Waals surface area contributed by atoms with E-state index in [1.165, 1.54) is 6.42 Å². The summed E-state index contributed by atoms with van der Waals surface area (Å²) in [5.74, 6) is 0.622. The molecule has 2 rings (SSSR count). The first-order valence-corrected chi connectivity index (χ1v) is 8.16. The summed E-state index contributed by atoms with van der Waals surface area (Å²) in [5.41, 5.74) is 0.633. The summed E-state index contributed by atoms with van der Waals surface area (Å²) in [6.07, 6.45) is 4.20. The van der Waals surface area contributed by atoms with E-state index in [2.05, 4.69) is 15.9 Å². The lowest BCUT2D eigenvalue weighted by molar-refractivity contribution is 0.0580. The summed E-state index contributed by atoms with van der Waals surface area (Å²) in [4.78, 5) is 14.6. The van der Waals surface area contributed by atoms with Crippen LogP contribution in [0.4, 0.5) is 0 Å². The molecule has 1 amide bonds. The maximum Gasteiger partial charge on any atom is 0.255 e. The Labute approximate surface area is 132 Å². The van der Waals surface area contributed by atoms with Gasteiger partial charge in [-0.15, -0.1) is 11.6 Å². The summed E-state index contributed by atoms with van der Waals surface area (Å²) < 4.78 is 0.789. The van der Waals surface area contributed by atoms with Crippen LogP contribution in [0.5, 0.6) is 0 Å². The van der Waals surface area contributed by atoms with Gasteiger partial charge in [0.2, 0.25) is 0 Å². The highest BCUT2D eigenvalue weighted by Gasteiger charge is 2.29. The number of amides is 1. The quantitative estimate of drug-likeness (QED) is 0.692. The van der Waals surface area contributed by atoms with E-state index in [1.807, 2.05) is 11.0 Å². The van der Waals surface area contributed by atoms with Crippen molar-refractivity contribution in [1.29, 1.82) is 0 Å². The molecule has 0 heterocycles. The van der Waals surface area contributed by atoms with Gasteiger partial charge in [0.25, 0.3) is 5.91 Å². The molecular weight excluding hydrogens is 349 g/mol. The molecule has 0 aliphatic heterocycles. The van der Waals surface area contributed by atoms with Gasteiger partial charge in [-0.1, -0.05) is 11.6 Å². The molecule has 1 aliphatic carbocycles. The third kappa shape index (κ3) is 3.65. The molecule has 1 aromatic rings. The second-order valence-corrected chi connectivity index (χ2v) is 6.42. The number of nitrogens with zero attached hydrogens (tertiary/aromatic N) is 1. The van der Waals surface area contributed by atoms with E-state index in [4.69, 9.17) is 23.2 Å². The van der Waals surface area contributed by atoms with Gasteiger partial charge < -0.3 is 4.90 Å². The first-order chi connectivity index (χ1) is 9.13. The van der Waals surface area contributed by atoms with Gasteiger partial charge in [-0.25, -0.2) is 0 Å². The standard InChI is InChI=1S/C14H16BrCl2NO/c15-13-6-5-10(17)9-12(13)14(19)18(8-2-7-16)11-3-1-4-11/h5-6,9,11H,1-4,7-8H2. The van der Waals surface area contributed by atoms with E-state index in [1.54, 1.807) is 12.1 Å². The van der Waals surface area contributed by atoms with Crippen LogP contribution >= 0.6 is 39.1 Å². The van der Waals surface area contributed by atoms with Crippen molar-refractivity contribution in [3.05, 3.63) is 33.3 Å². The van der Waals surface area contributed by atoms with E-state index < -0.39 is 0 Å². The number of carbonyl (C=O) groups excluding carboxylic acids is 1. The minimum atomic E-state index is 0.0455. The van der Waals surface area contributed by atoms with Gasteiger partial charge in [-0.2, -0.15) is 0 Å². The highest BCUT2D eigenvalue weighted by molar-refractivity contribution is 9.10. The Morgan fingerprint density at radius 1 is 1.42 bits per heavy atom. The van der Waals surface area contributed by atoms with E-state index in [9.17, 15) is 4.79 Å². The van der Waals surface area contributed by atoms with E-state index in [0.717, 1.165) is 23.7 Å². The zero-order chi connectivity index (χ0) is 13.8. The zero-order valence-corrected chi connectivity index (χ0v) is 13.6. The Hall–Kier alpha value is -0.250. The van der Waals surface area contributed by atoms with Crippen LogP contribution in [0.1, 0.15) is 36.0 Å². The van der Waals surface area contributed by atoms with Gasteiger partial charge >= 0.3 is 0 Å². The molecule has 2 nitrogen and oxygen atoms in total. The molecule has 0 saturated heterocycles. The van der Waals surface area contributed by atoms with Crippen molar-refractivity contribution >= 4 is 45.0 Å². The highest BCUT2D eigenvalue weighted by Crippen LogP contribution is 2.29. The van der Waals surface area contributed by atoms with Crippen LogP contribution in [0.2, 0.25) is 5.02 Å². The molecule has 104 valence electrons. The molecule has 0 N–H and O–H groups in total. The molecule has 1 saturated carbocycles. The van der Waals surface area contributed by atoms with Crippen molar-refractivity contribution in [3.8, 4) is 0 Å². The summed E-state index contributed by atoms with van der Waals surface area (Å²) in [7, 11) is 0. The second kappa shape index (κ2) is 6.96. The lowest BCUT2D eigenvalue weighted by atomic mass is 9.91. The van der Waals surface area contributed by atoms with Crippen LogP contribution in [-0.2, 0) is 0 Å². The largest absolute Gasteiger partial charge is 0.336 e. The topological polar surface area (TPSA) is 20.3 Å². The van der Waals surface area contributed by atoms with Crippen LogP contribution in [0, 0.1) is 0 Å². The van der Waals surface area contributed by atoms with Crippen molar-refractivity contribution < 1.29 is 4.79 Å². The normalized spacial score (nSPS) is 15.1. The number of alkyl halides is 1. The Kier molecular flexibility index (Phi) is 5.55. The first-order valence-electron chi connectivity index (χ1n) is 6.45. The first kappa shape index (κ1) is 15.1. The van der Waals surface area contributed by atoms with Gasteiger partial charge in [-0.3, -0.25) is 4.79 Å². The van der Waals surface area contributed by atoms with Crippen LogP contribution < -0.4 is 0 Å². The molecule has 1 aliphatic rings. The summed E-state index contributed by atoms with van der Waals surface area (Å²) in [6.45, 7) is 0.714. The Bertz CT molecular complexity index is 463. The molecule has 0 unspecified atom stereocenters. The summed E-state index contributed by atoms with van der Waals surface area (Å²) in [5, 5.41) is 0.581. The van der Waals surface area contributed by atoms with E-state index in [-0.39, 0.29) is 5.91 Å². The predicted molar refractivity (Wildman–Crippen MR) is 83.2 cm³/mol. The molecule has 0 spiro atoms. The fourth-order valence-electron chi connectivity index (χ4n) is 2.19. The van der Waals surface area contributed by atoms with Crippen LogP contribution in [-0.4, -0.2) is 29.3 Å². The zero-order valence-electron chi connectivity index (χ0n) is 10.5. The highest BCUT2D eigenvalue weighted by atomic mass is 79.9. The monoisotopic (exact) mass is 363 g/mol. The molecule has 19 heavy (non-hydrogen) atoms. The third-order valence-corrected chi connectivity index (χ3v) is 4.66. The number of carbonyl (C=O) groups is 1. The number of hydrogen-bond donors (Lipinski definition) is 0. The molecule has 1 aromatic carbocycles. The average molecular weight is 365 g/mol. The van der Waals surface area contributed by atoms with Gasteiger partial charge in [0, 0.05) is 28.0 Å². The molecule has 1 fully saturated rings. The molecule has 0 bridgehead atoms. The second-order valence-electron chi connectivity index (χ2n) is 4.75. The van der Waals surface area contributed by atoms with Crippen molar-refractivity contribution in [3.63, 3.8) is 0 Å². The predicted octanol–water partition coefficient (Wildman–Crippen LogP) is 4.73. The van der Waals surface area contributed by atoms with Crippen molar-refractivity contribution in [2.24, 2.45) is 0 Å². The molecule has 0 radical (unpaired) electrons. The van der Waals surface area contributed by atoms with Crippen molar-refractivity contribution in [2.75, 3.05) is 12.4 Å². The minimum Gasteiger partial charge on any atom is -0.336 e. The smallest absolute Gasteiger partial charge is 0.255 e.